The molecular formula is C12H13ClINO. The van der Waals surface area contributed by atoms with Crippen molar-refractivity contribution in [2.24, 2.45) is 11.8 Å². The second-order valence-electron chi connectivity index (χ2n) is 4.24. The molecule has 1 amide bonds. The zero-order valence-electron chi connectivity index (χ0n) is 8.97. The molecule has 1 aliphatic rings. The van der Waals surface area contributed by atoms with Gasteiger partial charge in [-0.15, -0.1) is 0 Å². The SMILES string of the molecule is CC(C(=O)Nc1ccc(Cl)cc1I)C1CC1. The fourth-order valence-corrected chi connectivity index (χ4v) is 2.65. The van der Waals surface area contributed by atoms with Crippen LogP contribution in [0.15, 0.2) is 18.2 Å². The highest BCUT2D eigenvalue weighted by Gasteiger charge is 2.32. The molecule has 1 aromatic rings. The topological polar surface area (TPSA) is 29.1 Å². The molecule has 0 radical (unpaired) electrons. The molecule has 1 unspecified atom stereocenters. The van der Waals surface area contributed by atoms with Gasteiger partial charge in [-0.25, -0.2) is 0 Å². The minimum atomic E-state index is 0.114. The van der Waals surface area contributed by atoms with E-state index in [1.807, 2.05) is 19.1 Å². The quantitative estimate of drug-likeness (QED) is 0.823. The van der Waals surface area contributed by atoms with Crippen LogP contribution in [0.2, 0.25) is 5.02 Å². The Bertz CT molecular complexity index is 417. The number of carbonyl (C=O) groups excluding carboxylic acids is 1. The second kappa shape index (κ2) is 4.92. The van der Waals surface area contributed by atoms with Gasteiger partial charge in [-0.1, -0.05) is 18.5 Å². The molecule has 0 aliphatic heterocycles. The maximum Gasteiger partial charge on any atom is 0.227 e. The first kappa shape index (κ1) is 12.2. The van der Waals surface area contributed by atoms with Crippen LogP contribution < -0.4 is 5.32 Å². The predicted octanol–water partition coefficient (Wildman–Crippen LogP) is 3.93. The van der Waals surface area contributed by atoms with Crippen LogP contribution in [-0.2, 0) is 4.79 Å². The van der Waals surface area contributed by atoms with Gasteiger partial charge in [-0.05, 0) is 59.5 Å². The van der Waals surface area contributed by atoms with Gasteiger partial charge in [0.1, 0.15) is 0 Å². The summed E-state index contributed by atoms with van der Waals surface area (Å²) in [5.74, 6) is 0.819. The summed E-state index contributed by atoms with van der Waals surface area (Å²) in [6, 6.07) is 5.49. The summed E-state index contributed by atoms with van der Waals surface area (Å²) in [4.78, 5) is 11.9. The van der Waals surface area contributed by atoms with Crippen LogP contribution in [0.4, 0.5) is 5.69 Å². The number of rotatable bonds is 3. The third-order valence-electron chi connectivity index (χ3n) is 2.93. The van der Waals surface area contributed by atoms with E-state index in [4.69, 9.17) is 11.6 Å². The van der Waals surface area contributed by atoms with Crippen LogP contribution >= 0.6 is 34.2 Å². The number of benzene rings is 1. The summed E-state index contributed by atoms with van der Waals surface area (Å²) in [5, 5.41) is 3.65. The fourth-order valence-electron chi connectivity index (χ4n) is 1.65. The lowest BCUT2D eigenvalue weighted by atomic mass is 10.1. The predicted molar refractivity (Wildman–Crippen MR) is 74.7 cm³/mol. The molecule has 1 aliphatic carbocycles. The average Bonchev–Trinajstić information content (AvgIpc) is 3.04. The molecule has 1 saturated carbocycles. The van der Waals surface area contributed by atoms with Crippen LogP contribution in [0.25, 0.3) is 0 Å². The van der Waals surface area contributed by atoms with E-state index in [-0.39, 0.29) is 11.8 Å². The summed E-state index contributed by atoms with van der Waals surface area (Å²) < 4.78 is 0.974. The Morgan fingerprint density at radius 1 is 1.56 bits per heavy atom. The first-order valence-corrected chi connectivity index (χ1v) is 6.79. The number of anilines is 1. The van der Waals surface area contributed by atoms with Crippen molar-refractivity contribution >= 4 is 45.8 Å². The number of carbonyl (C=O) groups is 1. The summed E-state index contributed by atoms with van der Waals surface area (Å²) in [6.07, 6.45) is 2.37. The Balaban J connectivity index is 2.05. The van der Waals surface area contributed by atoms with E-state index in [1.54, 1.807) is 6.07 Å². The molecule has 2 rings (SSSR count). The highest BCUT2D eigenvalue weighted by molar-refractivity contribution is 14.1. The fraction of sp³-hybridized carbons (Fsp3) is 0.417. The van der Waals surface area contributed by atoms with Gasteiger partial charge in [0, 0.05) is 14.5 Å². The van der Waals surface area contributed by atoms with Crippen molar-refractivity contribution in [1.82, 2.24) is 0 Å². The van der Waals surface area contributed by atoms with E-state index in [9.17, 15) is 4.79 Å². The van der Waals surface area contributed by atoms with Gasteiger partial charge in [0.15, 0.2) is 0 Å². The lowest BCUT2D eigenvalue weighted by Crippen LogP contribution is -2.22. The number of hydrogen-bond acceptors (Lipinski definition) is 1. The highest BCUT2D eigenvalue weighted by Crippen LogP contribution is 2.37. The van der Waals surface area contributed by atoms with Crippen molar-refractivity contribution in [3.05, 3.63) is 26.8 Å². The Morgan fingerprint density at radius 3 is 2.81 bits per heavy atom. The smallest absolute Gasteiger partial charge is 0.227 e. The van der Waals surface area contributed by atoms with Gasteiger partial charge in [0.25, 0.3) is 0 Å². The minimum Gasteiger partial charge on any atom is -0.325 e. The molecule has 0 bridgehead atoms. The third kappa shape index (κ3) is 2.88. The van der Waals surface area contributed by atoms with E-state index in [1.165, 1.54) is 12.8 Å². The molecule has 0 heterocycles. The normalized spacial score (nSPS) is 16.9. The Morgan fingerprint density at radius 2 is 2.25 bits per heavy atom. The van der Waals surface area contributed by atoms with E-state index >= 15 is 0 Å². The van der Waals surface area contributed by atoms with Crippen LogP contribution in [0, 0.1) is 15.4 Å². The zero-order chi connectivity index (χ0) is 11.7. The van der Waals surface area contributed by atoms with Crippen LogP contribution in [0.1, 0.15) is 19.8 Å². The van der Waals surface area contributed by atoms with Crippen molar-refractivity contribution < 1.29 is 4.79 Å². The molecule has 0 saturated heterocycles. The second-order valence-corrected chi connectivity index (χ2v) is 5.84. The molecular weight excluding hydrogens is 336 g/mol. The van der Waals surface area contributed by atoms with Gasteiger partial charge in [0.05, 0.1) is 5.69 Å². The molecule has 86 valence electrons. The number of hydrogen-bond donors (Lipinski definition) is 1. The summed E-state index contributed by atoms with van der Waals surface area (Å²) >= 11 is 8.04. The molecule has 1 fully saturated rings. The summed E-state index contributed by atoms with van der Waals surface area (Å²) in [6.45, 7) is 2.00. The lowest BCUT2D eigenvalue weighted by molar-refractivity contribution is -0.119. The van der Waals surface area contributed by atoms with Crippen LogP contribution in [0.3, 0.4) is 0 Å². The van der Waals surface area contributed by atoms with Crippen molar-refractivity contribution in [2.45, 2.75) is 19.8 Å². The maximum atomic E-state index is 11.9. The Labute approximate surface area is 114 Å². The van der Waals surface area contributed by atoms with E-state index in [0.717, 1.165) is 9.26 Å². The summed E-state index contributed by atoms with van der Waals surface area (Å²) in [7, 11) is 0. The number of nitrogens with one attached hydrogen (secondary N) is 1. The average molecular weight is 350 g/mol. The maximum absolute atomic E-state index is 11.9. The molecule has 16 heavy (non-hydrogen) atoms. The van der Waals surface area contributed by atoms with Crippen LogP contribution in [0.5, 0.6) is 0 Å². The Hall–Kier alpha value is -0.290. The number of amides is 1. The molecule has 4 heteroatoms. The lowest BCUT2D eigenvalue weighted by Gasteiger charge is -2.12. The first-order chi connectivity index (χ1) is 7.58. The van der Waals surface area contributed by atoms with E-state index in [0.29, 0.717) is 10.9 Å². The van der Waals surface area contributed by atoms with Crippen molar-refractivity contribution in [3.8, 4) is 0 Å². The standard InChI is InChI=1S/C12H13ClINO/c1-7(8-2-3-8)12(16)15-11-5-4-9(13)6-10(11)14/h4-8H,2-3H2,1H3,(H,15,16). The van der Waals surface area contributed by atoms with Gasteiger partial charge in [-0.3, -0.25) is 4.79 Å². The molecule has 1 N–H and O–H groups in total. The third-order valence-corrected chi connectivity index (χ3v) is 4.06. The molecule has 0 aromatic heterocycles. The monoisotopic (exact) mass is 349 g/mol. The van der Waals surface area contributed by atoms with Gasteiger partial charge in [-0.2, -0.15) is 0 Å². The van der Waals surface area contributed by atoms with Gasteiger partial charge >= 0.3 is 0 Å². The highest BCUT2D eigenvalue weighted by atomic mass is 127. The number of halogens is 2. The molecule has 1 atom stereocenters. The first-order valence-electron chi connectivity index (χ1n) is 5.34. The molecule has 0 spiro atoms. The summed E-state index contributed by atoms with van der Waals surface area (Å²) in [5.41, 5.74) is 0.850. The van der Waals surface area contributed by atoms with E-state index < -0.39 is 0 Å². The minimum absolute atomic E-state index is 0.114. The Kier molecular flexibility index (Phi) is 3.74. The van der Waals surface area contributed by atoms with Crippen molar-refractivity contribution in [1.29, 1.82) is 0 Å². The largest absolute Gasteiger partial charge is 0.325 e. The molecule has 2 nitrogen and oxygen atoms in total. The van der Waals surface area contributed by atoms with Crippen LogP contribution in [-0.4, -0.2) is 5.91 Å². The van der Waals surface area contributed by atoms with Crippen molar-refractivity contribution in [2.75, 3.05) is 5.32 Å². The van der Waals surface area contributed by atoms with Gasteiger partial charge in [0.2, 0.25) is 5.91 Å². The molecule has 1 aromatic carbocycles. The van der Waals surface area contributed by atoms with Gasteiger partial charge < -0.3 is 5.32 Å². The zero-order valence-corrected chi connectivity index (χ0v) is 11.9. The van der Waals surface area contributed by atoms with Crippen molar-refractivity contribution in [3.63, 3.8) is 0 Å². The van der Waals surface area contributed by atoms with E-state index in [2.05, 4.69) is 27.9 Å².